The summed E-state index contributed by atoms with van der Waals surface area (Å²) in [5.74, 6) is -1.22. The molecule has 1 amide bonds. The van der Waals surface area contributed by atoms with Gasteiger partial charge < -0.3 is 24.4 Å². The highest BCUT2D eigenvalue weighted by atomic mass is 19.4. The minimum absolute atomic E-state index is 0.0198. The van der Waals surface area contributed by atoms with E-state index in [4.69, 9.17) is 9.47 Å². The number of carbonyl (C=O) groups is 2. The molecule has 2 aromatic rings. The van der Waals surface area contributed by atoms with Gasteiger partial charge in [0.2, 0.25) is 5.67 Å². The Balaban J connectivity index is 1.19. The zero-order valence-corrected chi connectivity index (χ0v) is 29.0. The number of hydrogen-bond donors (Lipinski definition) is 1. The maximum Gasteiger partial charge on any atom is 0.416 e. The molecule has 0 bridgehead atoms. The third kappa shape index (κ3) is 7.61. The molecule has 2 atom stereocenters. The van der Waals surface area contributed by atoms with Gasteiger partial charge in [0, 0.05) is 56.9 Å². The standard InChI is InChI=1S/C38H49F4N3O5/c1-3-50-35(47)27-16-18-43(19-17-27)34-22-28(38(40,41)42)6-13-32(34)25-14-20-44(21-15-25)36(48)37(39)24-45(29-7-9-30(46)10-8-29)23-33(37)26-4-11-31(49-2)12-5-26/h4-6,11-13,22,25,27,29-30,33,46H,3,7-10,14-21,23-24H2,1-2H3/t29?,30?,33-,37-/m0/s1. The lowest BCUT2D eigenvalue weighted by atomic mass is 9.83. The van der Waals surface area contributed by atoms with Gasteiger partial charge in [-0.15, -0.1) is 0 Å². The zero-order valence-electron chi connectivity index (χ0n) is 29.0. The molecule has 2 aromatic carbocycles. The summed E-state index contributed by atoms with van der Waals surface area (Å²) in [6.07, 6.45) is -0.0466. The number of aliphatic hydroxyl groups excluding tert-OH is 1. The van der Waals surface area contributed by atoms with Crippen LogP contribution in [0.4, 0.5) is 23.2 Å². The lowest BCUT2D eigenvalue weighted by molar-refractivity contribution is -0.148. The molecular weight excluding hydrogens is 654 g/mol. The van der Waals surface area contributed by atoms with Gasteiger partial charge in [0.25, 0.3) is 5.91 Å². The Morgan fingerprint density at radius 1 is 0.920 bits per heavy atom. The fourth-order valence-electron chi connectivity index (χ4n) is 8.59. The van der Waals surface area contributed by atoms with E-state index in [1.807, 2.05) is 17.0 Å². The Morgan fingerprint density at radius 3 is 2.18 bits per heavy atom. The molecular formula is C38H49F4N3O5. The van der Waals surface area contributed by atoms with Crippen LogP contribution < -0.4 is 9.64 Å². The Bertz CT molecular complexity index is 1480. The molecule has 0 aromatic heterocycles. The van der Waals surface area contributed by atoms with Crippen LogP contribution in [0, 0.1) is 5.92 Å². The molecule has 1 saturated carbocycles. The van der Waals surface area contributed by atoms with Crippen LogP contribution in [-0.2, 0) is 20.5 Å². The van der Waals surface area contributed by atoms with Gasteiger partial charge in [-0.1, -0.05) is 18.2 Å². The zero-order chi connectivity index (χ0) is 35.6. The van der Waals surface area contributed by atoms with E-state index in [1.54, 1.807) is 37.1 Å². The average molecular weight is 704 g/mol. The maximum absolute atomic E-state index is 17.5. The van der Waals surface area contributed by atoms with Gasteiger partial charge in [-0.3, -0.25) is 14.5 Å². The molecule has 3 saturated heterocycles. The fraction of sp³-hybridized carbons (Fsp3) is 0.632. The smallest absolute Gasteiger partial charge is 0.416 e. The molecule has 8 nitrogen and oxygen atoms in total. The third-order valence-corrected chi connectivity index (χ3v) is 11.5. The number of alkyl halides is 4. The molecule has 0 spiro atoms. The summed E-state index contributed by atoms with van der Waals surface area (Å²) in [5.41, 5.74) is -0.843. The Kier molecular flexibility index (Phi) is 11.0. The van der Waals surface area contributed by atoms with Crippen molar-refractivity contribution in [3.05, 3.63) is 59.2 Å². The Hall–Kier alpha value is -3.38. The number of likely N-dealkylation sites (tertiary alicyclic amines) is 2. The molecule has 1 aliphatic carbocycles. The molecule has 12 heteroatoms. The normalized spacial score (nSPS) is 27.4. The van der Waals surface area contributed by atoms with Crippen LogP contribution in [0.2, 0.25) is 0 Å². The van der Waals surface area contributed by atoms with Crippen LogP contribution in [0.3, 0.4) is 0 Å². The fourth-order valence-corrected chi connectivity index (χ4v) is 8.59. The summed E-state index contributed by atoms with van der Waals surface area (Å²) >= 11 is 0. The number of amides is 1. The van der Waals surface area contributed by atoms with Crippen LogP contribution >= 0.6 is 0 Å². The third-order valence-electron chi connectivity index (χ3n) is 11.5. The van der Waals surface area contributed by atoms with E-state index in [0.29, 0.717) is 82.7 Å². The molecule has 4 aliphatic rings. The number of anilines is 1. The van der Waals surface area contributed by atoms with Crippen LogP contribution in [0.25, 0.3) is 0 Å². The van der Waals surface area contributed by atoms with E-state index in [1.165, 1.54) is 6.07 Å². The Labute approximate surface area is 291 Å². The molecule has 4 fully saturated rings. The minimum atomic E-state index is -4.51. The molecule has 6 rings (SSSR count). The molecule has 0 radical (unpaired) electrons. The second kappa shape index (κ2) is 15.1. The molecule has 0 unspecified atom stereocenters. The number of aliphatic hydroxyl groups is 1. The number of rotatable bonds is 8. The number of methoxy groups -OCH3 is 1. The SMILES string of the molecule is CCOC(=O)C1CCN(c2cc(C(F)(F)F)ccc2C2CCN(C(=O)[C@]3(F)CN(C4CCC(O)CC4)C[C@H]3c3ccc(OC)cc3)CC2)CC1. The molecule has 50 heavy (non-hydrogen) atoms. The molecule has 274 valence electrons. The van der Waals surface area contributed by atoms with Crippen molar-refractivity contribution in [3.63, 3.8) is 0 Å². The number of ether oxygens (including phenoxy) is 2. The number of carbonyl (C=O) groups excluding carboxylic acids is 2. The maximum atomic E-state index is 17.5. The van der Waals surface area contributed by atoms with Crippen molar-refractivity contribution in [2.75, 3.05) is 57.9 Å². The predicted molar refractivity (Wildman–Crippen MR) is 181 cm³/mol. The van der Waals surface area contributed by atoms with Crippen molar-refractivity contribution >= 4 is 17.6 Å². The number of benzene rings is 2. The second-order valence-corrected chi connectivity index (χ2v) is 14.4. The summed E-state index contributed by atoms with van der Waals surface area (Å²) in [6, 6.07) is 11.2. The van der Waals surface area contributed by atoms with Crippen molar-refractivity contribution in [2.24, 2.45) is 5.92 Å². The number of nitrogens with zero attached hydrogens (tertiary/aromatic N) is 3. The van der Waals surface area contributed by atoms with Crippen molar-refractivity contribution in [2.45, 2.75) is 94.1 Å². The van der Waals surface area contributed by atoms with Crippen LogP contribution in [0.15, 0.2) is 42.5 Å². The molecule has 3 heterocycles. The van der Waals surface area contributed by atoms with Gasteiger partial charge in [0.1, 0.15) is 5.75 Å². The first-order valence-electron chi connectivity index (χ1n) is 18.1. The molecule has 3 aliphatic heterocycles. The summed E-state index contributed by atoms with van der Waals surface area (Å²) in [7, 11) is 1.57. The van der Waals surface area contributed by atoms with E-state index >= 15 is 4.39 Å². The van der Waals surface area contributed by atoms with Gasteiger partial charge in [0.05, 0.1) is 31.3 Å². The van der Waals surface area contributed by atoms with E-state index in [2.05, 4.69) is 4.90 Å². The van der Waals surface area contributed by atoms with Gasteiger partial charge in [-0.05, 0) is 99.6 Å². The summed E-state index contributed by atoms with van der Waals surface area (Å²) in [4.78, 5) is 32.2. The van der Waals surface area contributed by atoms with Gasteiger partial charge in [0.15, 0.2) is 0 Å². The largest absolute Gasteiger partial charge is 0.497 e. The van der Waals surface area contributed by atoms with E-state index in [9.17, 15) is 27.9 Å². The van der Waals surface area contributed by atoms with Crippen LogP contribution in [0.1, 0.15) is 86.8 Å². The lowest BCUT2D eigenvalue weighted by Gasteiger charge is -2.39. The first-order chi connectivity index (χ1) is 23.9. The minimum Gasteiger partial charge on any atom is -0.497 e. The van der Waals surface area contributed by atoms with Gasteiger partial charge in [-0.25, -0.2) is 4.39 Å². The van der Waals surface area contributed by atoms with Crippen molar-refractivity contribution in [3.8, 4) is 5.75 Å². The van der Waals surface area contributed by atoms with E-state index in [-0.39, 0.29) is 43.1 Å². The van der Waals surface area contributed by atoms with Crippen molar-refractivity contribution in [1.82, 2.24) is 9.80 Å². The van der Waals surface area contributed by atoms with Gasteiger partial charge >= 0.3 is 12.1 Å². The number of piperidine rings is 2. The highest BCUT2D eigenvalue weighted by Crippen LogP contribution is 2.45. The average Bonchev–Trinajstić information content (AvgIpc) is 3.49. The van der Waals surface area contributed by atoms with Gasteiger partial charge in [-0.2, -0.15) is 13.2 Å². The first kappa shape index (κ1) is 36.4. The van der Waals surface area contributed by atoms with Crippen molar-refractivity contribution in [1.29, 1.82) is 0 Å². The second-order valence-electron chi connectivity index (χ2n) is 14.4. The number of halogens is 4. The topological polar surface area (TPSA) is 82.6 Å². The van der Waals surface area contributed by atoms with Crippen molar-refractivity contribution < 1.29 is 41.7 Å². The quantitative estimate of drug-likeness (QED) is 0.255. The van der Waals surface area contributed by atoms with Crippen LogP contribution in [0.5, 0.6) is 5.75 Å². The van der Waals surface area contributed by atoms with E-state index < -0.39 is 29.2 Å². The lowest BCUT2D eigenvalue weighted by Crippen LogP contribution is -2.53. The van der Waals surface area contributed by atoms with Crippen LogP contribution in [-0.4, -0.2) is 97.6 Å². The molecule has 1 N–H and O–H groups in total. The number of hydrogen-bond acceptors (Lipinski definition) is 7. The summed E-state index contributed by atoms with van der Waals surface area (Å²) < 4.78 is 69.5. The summed E-state index contributed by atoms with van der Waals surface area (Å²) in [5, 5.41) is 10.1. The Morgan fingerprint density at radius 2 is 1.58 bits per heavy atom. The number of esters is 1. The first-order valence-corrected chi connectivity index (χ1v) is 18.1. The highest BCUT2D eigenvalue weighted by Gasteiger charge is 2.56. The monoisotopic (exact) mass is 703 g/mol. The summed E-state index contributed by atoms with van der Waals surface area (Å²) in [6.45, 7) is 3.87. The highest BCUT2D eigenvalue weighted by molar-refractivity contribution is 5.87. The predicted octanol–water partition coefficient (Wildman–Crippen LogP) is 6.31. The van der Waals surface area contributed by atoms with E-state index in [0.717, 1.165) is 30.0 Å².